The minimum Gasteiger partial charge on any atom is -0.465 e. The van der Waals surface area contributed by atoms with E-state index in [0.29, 0.717) is 0 Å². The summed E-state index contributed by atoms with van der Waals surface area (Å²) in [5.74, 6) is -2.90. The molecule has 6 heteroatoms. The van der Waals surface area contributed by atoms with Crippen LogP contribution >= 0.6 is 0 Å². The number of ether oxygens (including phenoxy) is 1. The first-order chi connectivity index (χ1) is 10.0. The molecular weight excluding hydrogens is 280 g/mol. The van der Waals surface area contributed by atoms with Crippen LogP contribution in [0.2, 0.25) is 0 Å². The summed E-state index contributed by atoms with van der Waals surface area (Å²) in [6.45, 7) is 0. The number of hydrogen-bond donors (Lipinski definition) is 1. The van der Waals surface area contributed by atoms with Gasteiger partial charge in [0.05, 0.1) is 23.9 Å². The molecule has 2 rings (SSSR count). The van der Waals surface area contributed by atoms with E-state index in [1.165, 1.54) is 24.3 Å². The third-order valence-corrected chi connectivity index (χ3v) is 2.75. The number of amides is 1. The second-order valence-electron chi connectivity index (χ2n) is 4.12. The summed E-state index contributed by atoms with van der Waals surface area (Å²) in [6, 6.07) is 8.60. The Morgan fingerprint density at radius 3 is 2.43 bits per heavy atom. The SMILES string of the molecule is COC(=O)c1cc(F)ccc1NC(=O)c1ccccc1F. The quantitative estimate of drug-likeness (QED) is 0.884. The summed E-state index contributed by atoms with van der Waals surface area (Å²) in [5, 5.41) is 2.36. The lowest BCUT2D eigenvalue weighted by Crippen LogP contribution is -2.16. The van der Waals surface area contributed by atoms with Crippen LogP contribution in [0.25, 0.3) is 0 Å². The van der Waals surface area contributed by atoms with Crippen molar-refractivity contribution in [1.82, 2.24) is 0 Å². The van der Waals surface area contributed by atoms with E-state index in [9.17, 15) is 18.4 Å². The lowest BCUT2D eigenvalue weighted by atomic mass is 10.1. The first-order valence-corrected chi connectivity index (χ1v) is 5.96. The van der Waals surface area contributed by atoms with Crippen LogP contribution in [-0.4, -0.2) is 19.0 Å². The van der Waals surface area contributed by atoms with Gasteiger partial charge in [-0.1, -0.05) is 12.1 Å². The highest BCUT2D eigenvalue weighted by atomic mass is 19.1. The van der Waals surface area contributed by atoms with Gasteiger partial charge in [0.1, 0.15) is 11.6 Å². The van der Waals surface area contributed by atoms with Crippen LogP contribution in [0, 0.1) is 11.6 Å². The maximum atomic E-state index is 13.5. The summed E-state index contributed by atoms with van der Waals surface area (Å²) in [6.07, 6.45) is 0. The summed E-state index contributed by atoms with van der Waals surface area (Å²) >= 11 is 0. The molecule has 2 aromatic rings. The van der Waals surface area contributed by atoms with Crippen LogP contribution in [0.15, 0.2) is 42.5 Å². The molecular formula is C15H11F2NO3. The van der Waals surface area contributed by atoms with Crippen LogP contribution in [0.1, 0.15) is 20.7 Å². The van der Waals surface area contributed by atoms with E-state index in [0.717, 1.165) is 25.3 Å². The van der Waals surface area contributed by atoms with Gasteiger partial charge in [-0.3, -0.25) is 4.79 Å². The van der Waals surface area contributed by atoms with Crippen molar-refractivity contribution in [2.24, 2.45) is 0 Å². The topological polar surface area (TPSA) is 55.4 Å². The fourth-order valence-electron chi connectivity index (χ4n) is 1.74. The summed E-state index contributed by atoms with van der Waals surface area (Å²) < 4.78 is 31.2. The van der Waals surface area contributed by atoms with Crippen molar-refractivity contribution in [1.29, 1.82) is 0 Å². The molecule has 0 saturated carbocycles. The summed E-state index contributed by atoms with van der Waals surface area (Å²) in [7, 11) is 1.13. The molecule has 21 heavy (non-hydrogen) atoms. The van der Waals surface area contributed by atoms with Crippen molar-refractivity contribution >= 4 is 17.6 Å². The molecule has 0 spiro atoms. The number of halogens is 2. The smallest absolute Gasteiger partial charge is 0.340 e. The minimum absolute atomic E-state index is 0.0384. The zero-order chi connectivity index (χ0) is 15.4. The molecule has 2 aromatic carbocycles. The van der Waals surface area contributed by atoms with E-state index in [4.69, 9.17) is 0 Å². The Balaban J connectivity index is 2.34. The second-order valence-corrected chi connectivity index (χ2v) is 4.12. The number of esters is 1. The van der Waals surface area contributed by atoms with E-state index < -0.39 is 23.5 Å². The number of benzene rings is 2. The van der Waals surface area contributed by atoms with Gasteiger partial charge in [0.25, 0.3) is 5.91 Å². The van der Waals surface area contributed by atoms with Gasteiger partial charge in [-0.15, -0.1) is 0 Å². The van der Waals surface area contributed by atoms with Crippen LogP contribution in [0.4, 0.5) is 14.5 Å². The van der Waals surface area contributed by atoms with E-state index in [2.05, 4.69) is 10.1 Å². The lowest BCUT2D eigenvalue weighted by molar-refractivity contribution is 0.0601. The molecule has 0 radical (unpaired) electrons. The minimum atomic E-state index is -0.807. The molecule has 0 unspecified atom stereocenters. The maximum absolute atomic E-state index is 13.5. The molecule has 1 amide bonds. The molecule has 0 bridgehead atoms. The zero-order valence-corrected chi connectivity index (χ0v) is 11.0. The molecule has 0 aromatic heterocycles. The third kappa shape index (κ3) is 3.22. The maximum Gasteiger partial charge on any atom is 0.340 e. The normalized spacial score (nSPS) is 10.0. The Morgan fingerprint density at radius 1 is 1.05 bits per heavy atom. The van der Waals surface area contributed by atoms with Gasteiger partial charge in [0.2, 0.25) is 0 Å². The van der Waals surface area contributed by atoms with Crippen LogP contribution < -0.4 is 5.32 Å². The Labute approximate surface area is 119 Å². The second kappa shape index (κ2) is 6.13. The predicted molar refractivity (Wildman–Crippen MR) is 72.1 cm³/mol. The Kier molecular flexibility index (Phi) is 4.27. The molecule has 0 aliphatic heterocycles. The number of methoxy groups -OCH3 is 1. The van der Waals surface area contributed by atoms with Gasteiger partial charge >= 0.3 is 5.97 Å². The van der Waals surface area contributed by atoms with Crippen LogP contribution in [0.5, 0.6) is 0 Å². The zero-order valence-electron chi connectivity index (χ0n) is 11.0. The molecule has 0 fully saturated rings. The fraction of sp³-hybridized carbons (Fsp3) is 0.0667. The van der Waals surface area contributed by atoms with E-state index in [1.807, 2.05) is 0 Å². The van der Waals surface area contributed by atoms with Gasteiger partial charge in [-0.2, -0.15) is 0 Å². The third-order valence-electron chi connectivity index (χ3n) is 2.75. The molecule has 0 aliphatic carbocycles. The van der Waals surface area contributed by atoms with Crippen molar-refractivity contribution in [2.75, 3.05) is 12.4 Å². The first kappa shape index (κ1) is 14.6. The standard InChI is InChI=1S/C15H11F2NO3/c1-21-15(20)11-8-9(16)6-7-13(11)18-14(19)10-4-2-3-5-12(10)17/h2-8H,1H3,(H,18,19). The first-order valence-electron chi connectivity index (χ1n) is 5.96. The van der Waals surface area contributed by atoms with Crippen molar-refractivity contribution in [3.63, 3.8) is 0 Å². The van der Waals surface area contributed by atoms with Gasteiger partial charge < -0.3 is 10.1 Å². The molecule has 1 N–H and O–H groups in total. The molecule has 0 aliphatic rings. The van der Waals surface area contributed by atoms with Crippen molar-refractivity contribution in [2.45, 2.75) is 0 Å². The van der Waals surface area contributed by atoms with Gasteiger partial charge in [-0.25, -0.2) is 13.6 Å². The number of nitrogens with one attached hydrogen (secondary N) is 1. The summed E-state index contributed by atoms with van der Waals surface area (Å²) in [4.78, 5) is 23.5. The Morgan fingerprint density at radius 2 is 1.76 bits per heavy atom. The number of hydrogen-bond acceptors (Lipinski definition) is 3. The highest BCUT2D eigenvalue weighted by Gasteiger charge is 2.17. The van der Waals surface area contributed by atoms with E-state index >= 15 is 0 Å². The van der Waals surface area contributed by atoms with Crippen molar-refractivity contribution in [3.05, 3.63) is 65.2 Å². The fourth-order valence-corrected chi connectivity index (χ4v) is 1.74. The summed E-state index contributed by atoms with van der Waals surface area (Å²) in [5.41, 5.74) is -0.295. The highest BCUT2D eigenvalue weighted by Crippen LogP contribution is 2.19. The van der Waals surface area contributed by atoms with Gasteiger partial charge in [0, 0.05) is 0 Å². The number of anilines is 1. The number of carbonyl (C=O) groups excluding carboxylic acids is 2. The number of rotatable bonds is 3. The average molecular weight is 291 g/mol. The molecule has 4 nitrogen and oxygen atoms in total. The Hall–Kier alpha value is -2.76. The van der Waals surface area contributed by atoms with Crippen molar-refractivity contribution < 1.29 is 23.1 Å². The molecule has 0 saturated heterocycles. The predicted octanol–water partition coefficient (Wildman–Crippen LogP) is 3.00. The van der Waals surface area contributed by atoms with Gasteiger partial charge in [0.15, 0.2) is 0 Å². The Bertz CT molecular complexity index is 701. The highest BCUT2D eigenvalue weighted by molar-refractivity contribution is 6.08. The monoisotopic (exact) mass is 291 g/mol. The average Bonchev–Trinajstić information content (AvgIpc) is 2.48. The molecule has 0 atom stereocenters. The van der Waals surface area contributed by atoms with E-state index in [1.54, 1.807) is 0 Å². The van der Waals surface area contributed by atoms with Crippen LogP contribution in [-0.2, 0) is 4.74 Å². The number of carbonyl (C=O) groups is 2. The largest absolute Gasteiger partial charge is 0.465 e. The van der Waals surface area contributed by atoms with E-state index in [-0.39, 0.29) is 16.8 Å². The molecule has 0 heterocycles. The lowest BCUT2D eigenvalue weighted by Gasteiger charge is -2.10. The van der Waals surface area contributed by atoms with Crippen molar-refractivity contribution in [3.8, 4) is 0 Å². The van der Waals surface area contributed by atoms with Gasteiger partial charge in [-0.05, 0) is 30.3 Å². The molecule has 108 valence electrons. The van der Waals surface area contributed by atoms with Crippen LogP contribution in [0.3, 0.4) is 0 Å².